The minimum absolute atomic E-state index is 0.285. The van der Waals surface area contributed by atoms with Gasteiger partial charge in [0.15, 0.2) is 16.7 Å². The van der Waals surface area contributed by atoms with Crippen LogP contribution in [0.4, 0.5) is 5.82 Å². The molecule has 0 unspecified atom stereocenters. The molecule has 1 aromatic rings. The Morgan fingerprint density at radius 1 is 1.42 bits per heavy atom. The van der Waals surface area contributed by atoms with E-state index in [-0.39, 0.29) is 5.69 Å². The number of hydrogen-bond donors (Lipinski definition) is 0. The van der Waals surface area contributed by atoms with Crippen LogP contribution < -0.4 is 4.90 Å². The largest absolute Gasteiger partial charge is 0.378 e. The number of ether oxygens (including phenoxy) is 1. The van der Waals surface area contributed by atoms with Crippen molar-refractivity contribution in [2.45, 2.75) is 18.4 Å². The summed E-state index contributed by atoms with van der Waals surface area (Å²) in [5.74, 6) is 1.55. The van der Waals surface area contributed by atoms with E-state index in [1.807, 2.05) is 4.90 Å². The Labute approximate surface area is 121 Å². The Morgan fingerprint density at radius 2 is 2.16 bits per heavy atom. The van der Waals surface area contributed by atoms with E-state index in [9.17, 15) is 0 Å². The average molecular weight is 299 g/mol. The molecule has 7 heteroatoms. The Balaban J connectivity index is 2.31. The van der Waals surface area contributed by atoms with Crippen LogP contribution in [0, 0.1) is 11.3 Å². The van der Waals surface area contributed by atoms with Crippen molar-refractivity contribution in [1.82, 2.24) is 9.97 Å². The van der Waals surface area contributed by atoms with Crippen molar-refractivity contribution in [1.29, 1.82) is 5.26 Å². The van der Waals surface area contributed by atoms with Gasteiger partial charge in [-0.3, -0.25) is 0 Å². The summed E-state index contributed by atoms with van der Waals surface area (Å²) < 4.78 is 5.31. The van der Waals surface area contributed by atoms with E-state index in [2.05, 4.69) is 23.0 Å². The van der Waals surface area contributed by atoms with Crippen LogP contribution in [0.3, 0.4) is 0 Å². The van der Waals surface area contributed by atoms with Gasteiger partial charge in [-0.05, 0) is 12.2 Å². The number of rotatable bonds is 4. The monoisotopic (exact) mass is 298 g/mol. The van der Waals surface area contributed by atoms with E-state index in [0.29, 0.717) is 29.2 Å². The van der Waals surface area contributed by atoms with Gasteiger partial charge in [-0.1, -0.05) is 18.5 Å². The van der Waals surface area contributed by atoms with Gasteiger partial charge in [0.1, 0.15) is 11.1 Å². The second-order valence-corrected chi connectivity index (χ2v) is 5.49. The summed E-state index contributed by atoms with van der Waals surface area (Å²) >= 11 is 7.64. The summed E-state index contributed by atoms with van der Waals surface area (Å²) in [6.45, 7) is 4.84. The van der Waals surface area contributed by atoms with Gasteiger partial charge in [-0.2, -0.15) is 5.26 Å². The molecule has 1 aliphatic heterocycles. The number of thioether (sulfide) groups is 1. The molecule has 1 fully saturated rings. The minimum Gasteiger partial charge on any atom is -0.378 e. The van der Waals surface area contributed by atoms with Gasteiger partial charge in [0.2, 0.25) is 0 Å². The standard InChI is InChI=1S/C12H15ClN4OS/c1-2-7-19-12-10(13)15-9(8-14)11(16-12)17-3-5-18-6-4-17/h2-7H2,1H3. The fraction of sp³-hybridized carbons (Fsp3) is 0.583. The Bertz CT molecular complexity index is 485. The van der Waals surface area contributed by atoms with E-state index in [0.717, 1.165) is 25.3 Å². The maximum Gasteiger partial charge on any atom is 0.184 e. The molecule has 1 saturated heterocycles. The van der Waals surface area contributed by atoms with Crippen LogP contribution in [0.25, 0.3) is 0 Å². The van der Waals surface area contributed by atoms with Crippen LogP contribution in [0.1, 0.15) is 19.0 Å². The molecule has 0 N–H and O–H groups in total. The number of nitrogens with zero attached hydrogens (tertiary/aromatic N) is 4. The summed E-state index contributed by atoms with van der Waals surface area (Å²) in [5, 5.41) is 10.2. The Hall–Kier alpha value is -1.03. The first kappa shape index (κ1) is 14.4. The van der Waals surface area contributed by atoms with Gasteiger partial charge in [0.25, 0.3) is 0 Å². The third-order valence-corrected chi connectivity index (χ3v) is 4.21. The zero-order valence-corrected chi connectivity index (χ0v) is 12.3. The topological polar surface area (TPSA) is 62.0 Å². The summed E-state index contributed by atoms with van der Waals surface area (Å²) in [6.07, 6.45) is 1.04. The van der Waals surface area contributed by atoms with Crippen LogP contribution in [0.15, 0.2) is 5.03 Å². The normalized spacial score (nSPS) is 15.3. The smallest absolute Gasteiger partial charge is 0.184 e. The molecule has 1 aliphatic rings. The molecule has 102 valence electrons. The van der Waals surface area contributed by atoms with E-state index in [1.54, 1.807) is 11.8 Å². The van der Waals surface area contributed by atoms with Gasteiger partial charge in [0.05, 0.1) is 13.2 Å². The zero-order chi connectivity index (χ0) is 13.7. The molecule has 2 rings (SSSR count). The third-order valence-electron chi connectivity index (χ3n) is 2.67. The van der Waals surface area contributed by atoms with Crippen molar-refractivity contribution >= 4 is 29.2 Å². The lowest BCUT2D eigenvalue weighted by Gasteiger charge is -2.28. The summed E-state index contributed by atoms with van der Waals surface area (Å²) in [7, 11) is 0. The maximum absolute atomic E-state index is 9.16. The molecular formula is C12H15ClN4OS. The lowest BCUT2D eigenvalue weighted by atomic mass is 10.3. The fourth-order valence-corrected chi connectivity index (χ4v) is 2.76. The maximum atomic E-state index is 9.16. The molecule has 0 radical (unpaired) electrons. The number of halogens is 1. The first-order chi connectivity index (χ1) is 9.26. The highest BCUT2D eigenvalue weighted by Crippen LogP contribution is 2.28. The van der Waals surface area contributed by atoms with Crippen LogP contribution in [-0.2, 0) is 4.74 Å². The molecule has 0 spiro atoms. The number of nitriles is 1. The Morgan fingerprint density at radius 3 is 2.79 bits per heavy atom. The van der Waals surface area contributed by atoms with Gasteiger partial charge in [0, 0.05) is 13.1 Å². The average Bonchev–Trinajstić information content (AvgIpc) is 2.46. The molecule has 19 heavy (non-hydrogen) atoms. The van der Waals surface area contributed by atoms with Crippen molar-refractivity contribution in [2.75, 3.05) is 37.0 Å². The van der Waals surface area contributed by atoms with Crippen LogP contribution in [0.5, 0.6) is 0 Å². The first-order valence-electron chi connectivity index (χ1n) is 6.19. The van der Waals surface area contributed by atoms with Crippen molar-refractivity contribution in [2.24, 2.45) is 0 Å². The lowest BCUT2D eigenvalue weighted by molar-refractivity contribution is 0.122. The van der Waals surface area contributed by atoms with Crippen LogP contribution in [0.2, 0.25) is 5.15 Å². The molecule has 0 atom stereocenters. The third kappa shape index (κ3) is 3.50. The number of aromatic nitrogens is 2. The highest BCUT2D eigenvalue weighted by molar-refractivity contribution is 7.99. The summed E-state index contributed by atoms with van der Waals surface area (Å²) in [4.78, 5) is 10.7. The molecule has 1 aromatic heterocycles. The van der Waals surface area contributed by atoms with Crippen molar-refractivity contribution in [3.05, 3.63) is 10.8 Å². The fourth-order valence-electron chi connectivity index (χ4n) is 1.75. The second kappa shape index (κ2) is 6.94. The van der Waals surface area contributed by atoms with Crippen LogP contribution in [-0.4, -0.2) is 42.0 Å². The number of morpholine rings is 1. The number of hydrogen-bond acceptors (Lipinski definition) is 6. The van der Waals surface area contributed by atoms with Crippen LogP contribution >= 0.6 is 23.4 Å². The van der Waals surface area contributed by atoms with E-state index in [1.165, 1.54) is 0 Å². The van der Waals surface area contributed by atoms with Crippen molar-refractivity contribution < 1.29 is 4.74 Å². The SMILES string of the molecule is CCCSc1nc(N2CCOCC2)c(C#N)nc1Cl. The van der Waals surface area contributed by atoms with Crippen molar-refractivity contribution in [3.63, 3.8) is 0 Å². The van der Waals surface area contributed by atoms with E-state index >= 15 is 0 Å². The molecular weight excluding hydrogens is 284 g/mol. The molecule has 5 nitrogen and oxygen atoms in total. The predicted molar refractivity (Wildman–Crippen MR) is 75.8 cm³/mol. The number of anilines is 1. The molecule has 2 heterocycles. The summed E-state index contributed by atoms with van der Waals surface area (Å²) in [6, 6.07) is 2.07. The highest BCUT2D eigenvalue weighted by atomic mass is 35.5. The zero-order valence-electron chi connectivity index (χ0n) is 10.7. The molecule has 0 bridgehead atoms. The first-order valence-corrected chi connectivity index (χ1v) is 7.55. The van der Waals surface area contributed by atoms with Gasteiger partial charge in [-0.15, -0.1) is 11.8 Å². The predicted octanol–water partition coefficient (Wildman–Crippen LogP) is 2.34. The van der Waals surface area contributed by atoms with E-state index in [4.69, 9.17) is 21.6 Å². The highest BCUT2D eigenvalue weighted by Gasteiger charge is 2.20. The molecule has 0 amide bonds. The van der Waals surface area contributed by atoms with Crippen molar-refractivity contribution in [3.8, 4) is 6.07 Å². The lowest BCUT2D eigenvalue weighted by Crippen LogP contribution is -2.37. The molecule has 0 aromatic carbocycles. The minimum atomic E-state index is 0.285. The molecule has 0 aliphatic carbocycles. The van der Waals surface area contributed by atoms with Gasteiger partial charge < -0.3 is 9.64 Å². The molecule has 0 saturated carbocycles. The van der Waals surface area contributed by atoms with Gasteiger partial charge in [-0.25, -0.2) is 9.97 Å². The summed E-state index contributed by atoms with van der Waals surface area (Å²) in [5.41, 5.74) is 0.285. The van der Waals surface area contributed by atoms with E-state index < -0.39 is 0 Å². The Kier molecular flexibility index (Phi) is 5.25. The quantitative estimate of drug-likeness (QED) is 0.795. The second-order valence-electron chi connectivity index (χ2n) is 4.05. The van der Waals surface area contributed by atoms with Gasteiger partial charge >= 0.3 is 0 Å².